The predicted molar refractivity (Wildman–Crippen MR) is 99.2 cm³/mol. The van der Waals surface area contributed by atoms with Crippen LogP contribution in [0.1, 0.15) is 0 Å². The van der Waals surface area contributed by atoms with Crippen molar-refractivity contribution in [1.29, 1.82) is 0 Å². The Kier molecular flexibility index (Phi) is 4.46. The molecule has 1 saturated heterocycles. The lowest BCUT2D eigenvalue weighted by atomic mass is 10.1. The molecule has 0 bridgehead atoms. The third-order valence-corrected chi connectivity index (χ3v) is 5.97. The van der Waals surface area contributed by atoms with Crippen molar-refractivity contribution in [2.45, 2.75) is 4.90 Å². The van der Waals surface area contributed by atoms with Crippen LogP contribution in [0.2, 0.25) is 0 Å². The van der Waals surface area contributed by atoms with Crippen LogP contribution in [-0.2, 0) is 20.4 Å². The molecule has 7 heteroatoms. The number of rotatable bonds is 4. The summed E-state index contributed by atoms with van der Waals surface area (Å²) in [7, 11) is -1.42. The molecule has 0 saturated carbocycles. The summed E-state index contributed by atoms with van der Waals surface area (Å²) in [4.78, 5) is 27.1. The highest BCUT2D eigenvalue weighted by atomic mass is 32.2. The van der Waals surface area contributed by atoms with E-state index in [0.717, 1.165) is 28.3 Å². The molecule has 2 heterocycles. The van der Waals surface area contributed by atoms with Gasteiger partial charge in [-0.25, -0.2) is 0 Å². The fourth-order valence-electron chi connectivity index (χ4n) is 3.21. The molecule has 0 radical (unpaired) electrons. The lowest BCUT2D eigenvalue weighted by Gasteiger charge is -2.32. The first kappa shape index (κ1) is 16.8. The highest BCUT2D eigenvalue weighted by Crippen LogP contribution is 2.29. The van der Waals surface area contributed by atoms with Crippen molar-refractivity contribution in [3.8, 4) is 0 Å². The van der Waals surface area contributed by atoms with Crippen molar-refractivity contribution in [1.82, 2.24) is 9.80 Å². The van der Waals surface area contributed by atoms with Crippen LogP contribution in [0.5, 0.6) is 0 Å². The molecular weight excluding hydrogens is 352 g/mol. The Morgan fingerprint density at radius 1 is 1.04 bits per heavy atom. The van der Waals surface area contributed by atoms with Gasteiger partial charge in [0, 0.05) is 41.8 Å². The second kappa shape index (κ2) is 6.92. The molecule has 1 aromatic heterocycles. The maximum absolute atomic E-state index is 12.7. The molecule has 1 aliphatic rings. The number of benzene rings is 2. The lowest BCUT2D eigenvalue weighted by molar-refractivity contribution is -0.132. The third kappa shape index (κ3) is 3.10. The number of piperazine rings is 1. The number of fused-ring (bicyclic) bond motifs is 3. The highest BCUT2D eigenvalue weighted by molar-refractivity contribution is 7.85. The maximum Gasteiger partial charge on any atom is 0.235 e. The molecule has 4 rings (SSSR count). The second-order valence-corrected chi connectivity index (χ2v) is 7.72. The zero-order valence-corrected chi connectivity index (χ0v) is 14.9. The normalized spacial score (nSPS) is 16.2. The molecule has 0 spiro atoms. The number of para-hydroxylation sites is 1. The van der Waals surface area contributed by atoms with Gasteiger partial charge in [-0.15, -0.1) is 0 Å². The van der Waals surface area contributed by atoms with E-state index in [2.05, 4.69) is 0 Å². The van der Waals surface area contributed by atoms with E-state index >= 15 is 0 Å². The van der Waals surface area contributed by atoms with Gasteiger partial charge in [-0.1, -0.05) is 18.2 Å². The summed E-state index contributed by atoms with van der Waals surface area (Å²) in [6.07, 6.45) is 0.796. The molecule has 6 nitrogen and oxygen atoms in total. The quantitative estimate of drug-likeness (QED) is 0.659. The van der Waals surface area contributed by atoms with Crippen LogP contribution in [0.25, 0.3) is 21.9 Å². The fraction of sp³-hybridized carbons (Fsp3) is 0.263. The maximum atomic E-state index is 12.7. The van der Waals surface area contributed by atoms with Crippen LogP contribution < -0.4 is 0 Å². The Morgan fingerprint density at radius 2 is 1.77 bits per heavy atom. The van der Waals surface area contributed by atoms with Gasteiger partial charge in [-0.05, 0) is 24.3 Å². The fourth-order valence-corrected chi connectivity index (χ4v) is 4.25. The monoisotopic (exact) mass is 370 g/mol. The van der Waals surface area contributed by atoms with Crippen molar-refractivity contribution in [2.75, 3.05) is 31.9 Å². The number of furan rings is 1. The number of carbonyl (C=O) groups excluding carboxylic acids is 2. The molecule has 2 aromatic carbocycles. The summed E-state index contributed by atoms with van der Waals surface area (Å²) in [6.45, 7) is 2.02. The summed E-state index contributed by atoms with van der Waals surface area (Å²) in [5.41, 5.74) is 1.53. The molecule has 1 unspecified atom stereocenters. The molecular formula is C19H18N2O4S. The number of hydrogen-bond donors (Lipinski definition) is 0. The highest BCUT2D eigenvalue weighted by Gasteiger charge is 2.22. The first-order chi connectivity index (χ1) is 12.7. The number of amides is 2. The minimum Gasteiger partial charge on any atom is -0.456 e. The minimum atomic E-state index is -1.42. The molecule has 134 valence electrons. The van der Waals surface area contributed by atoms with Gasteiger partial charge in [0.1, 0.15) is 16.9 Å². The third-order valence-electron chi connectivity index (χ3n) is 4.68. The van der Waals surface area contributed by atoms with E-state index in [1.165, 1.54) is 0 Å². The van der Waals surface area contributed by atoms with Gasteiger partial charge in [-0.3, -0.25) is 13.8 Å². The zero-order valence-electron chi connectivity index (χ0n) is 14.1. The predicted octanol–water partition coefficient (Wildman–Crippen LogP) is 1.99. The van der Waals surface area contributed by atoms with Gasteiger partial charge >= 0.3 is 0 Å². The molecule has 0 aliphatic carbocycles. The average molecular weight is 370 g/mol. The molecule has 3 aromatic rings. The van der Waals surface area contributed by atoms with Crippen molar-refractivity contribution >= 4 is 45.1 Å². The summed E-state index contributed by atoms with van der Waals surface area (Å²) in [5.74, 6) is -0.200. The molecule has 26 heavy (non-hydrogen) atoms. The second-order valence-electron chi connectivity index (χ2n) is 6.27. The largest absolute Gasteiger partial charge is 0.456 e. The SMILES string of the molecule is O=CN1CCN(C(=O)CS(=O)c2ccc3oc4ccccc4c3c2)CC1. The average Bonchev–Trinajstić information content (AvgIpc) is 3.05. The topological polar surface area (TPSA) is 70.8 Å². The molecule has 0 N–H and O–H groups in total. The van der Waals surface area contributed by atoms with Crippen LogP contribution in [0, 0.1) is 0 Å². The van der Waals surface area contributed by atoms with Crippen molar-refractivity contribution in [2.24, 2.45) is 0 Å². The van der Waals surface area contributed by atoms with Crippen molar-refractivity contribution in [3.05, 3.63) is 42.5 Å². The number of hydrogen-bond acceptors (Lipinski definition) is 4. The summed E-state index contributed by atoms with van der Waals surface area (Å²) in [5, 5.41) is 1.87. The van der Waals surface area contributed by atoms with Gasteiger partial charge in [-0.2, -0.15) is 0 Å². The Bertz CT molecular complexity index is 1010. The first-order valence-electron chi connectivity index (χ1n) is 8.42. The van der Waals surface area contributed by atoms with Gasteiger partial charge in [0.15, 0.2) is 0 Å². The molecule has 2 amide bonds. The van der Waals surface area contributed by atoms with E-state index in [1.807, 2.05) is 30.3 Å². The Hall–Kier alpha value is -2.67. The summed E-state index contributed by atoms with van der Waals surface area (Å²) >= 11 is 0. The van der Waals surface area contributed by atoms with E-state index in [9.17, 15) is 13.8 Å². The van der Waals surface area contributed by atoms with Crippen LogP contribution in [0.3, 0.4) is 0 Å². The van der Waals surface area contributed by atoms with E-state index in [1.54, 1.807) is 21.9 Å². The lowest BCUT2D eigenvalue weighted by Crippen LogP contribution is -2.49. The number of carbonyl (C=O) groups is 2. The Morgan fingerprint density at radius 3 is 2.54 bits per heavy atom. The van der Waals surface area contributed by atoms with Crippen LogP contribution >= 0.6 is 0 Å². The van der Waals surface area contributed by atoms with E-state index in [4.69, 9.17) is 4.42 Å². The number of nitrogens with zero attached hydrogens (tertiary/aromatic N) is 2. The van der Waals surface area contributed by atoms with Crippen LogP contribution in [0.4, 0.5) is 0 Å². The van der Waals surface area contributed by atoms with E-state index in [0.29, 0.717) is 31.1 Å². The minimum absolute atomic E-state index is 0.0532. The molecule has 1 atom stereocenters. The van der Waals surface area contributed by atoms with Crippen LogP contribution in [-0.4, -0.2) is 58.3 Å². The molecule has 1 aliphatic heterocycles. The van der Waals surface area contributed by atoms with Gasteiger partial charge in [0.25, 0.3) is 0 Å². The van der Waals surface area contributed by atoms with Crippen molar-refractivity contribution in [3.63, 3.8) is 0 Å². The van der Waals surface area contributed by atoms with Gasteiger partial charge in [0.05, 0.1) is 10.8 Å². The standard InChI is InChI=1S/C19H18N2O4S/c22-13-20-7-9-21(10-8-20)19(23)12-26(24)14-5-6-18-16(11-14)15-3-1-2-4-17(15)25-18/h1-6,11,13H,7-10,12H2. The van der Waals surface area contributed by atoms with E-state index in [-0.39, 0.29) is 11.7 Å². The van der Waals surface area contributed by atoms with E-state index < -0.39 is 10.8 Å². The Labute approximate surface area is 152 Å². The van der Waals surface area contributed by atoms with Gasteiger partial charge in [0.2, 0.25) is 12.3 Å². The van der Waals surface area contributed by atoms with Crippen molar-refractivity contribution < 1.29 is 18.2 Å². The summed E-state index contributed by atoms with van der Waals surface area (Å²) < 4.78 is 18.5. The first-order valence-corrected chi connectivity index (χ1v) is 9.74. The van der Waals surface area contributed by atoms with Crippen LogP contribution in [0.15, 0.2) is 51.8 Å². The van der Waals surface area contributed by atoms with Gasteiger partial charge < -0.3 is 14.2 Å². The summed E-state index contributed by atoms with van der Waals surface area (Å²) in [6, 6.07) is 13.1. The zero-order chi connectivity index (χ0) is 18.1. The smallest absolute Gasteiger partial charge is 0.235 e. The Balaban J connectivity index is 1.52. The molecule has 1 fully saturated rings.